The fourth-order valence-corrected chi connectivity index (χ4v) is 1.35. The zero-order valence-electron chi connectivity index (χ0n) is 8.65. The molecule has 0 heterocycles. The van der Waals surface area contributed by atoms with Gasteiger partial charge in [0.05, 0.1) is 0 Å². The first kappa shape index (κ1) is 13.3. The third kappa shape index (κ3) is 4.73. The van der Waals surface area contributed by atoms with Crippen LogP contribution >= 0.6 is 0 Å². The van der Waals surface area contributed by atoms with Crippen molar-refractivity contribution in [3.63, 3.8) is 0 Å². The lowest BCUT2D eigenvalue weighted by Gasteiger charge is -1.98. The summed E-state index contributed by atoms with van der Waals surface area (Å²) in [6.45, 7) is 0. The summed E-state index contributed by atoms with van der Waals surface area (Å²) in [5.74, 6) is 0. The molecule has 6 heteroatoms. The van der Waals surface area contributed by atoms with Crippen LogP contribution in [0.1, 0.15) is 10.4 Å². The van der Waals surface area contributed by atoms with Crippen molar-refractivity contribution in [3.8, 4) is 0 Å². The average Bonchev–Trinajstić information content (AvgIpc) is 2.26. The molecule has 0 amide bonds. The normalized spacial score (nSPS) is 10.5. The van der Waals surface area contributed by atoms with Crippen LogP contribution in [-0.2, 0) is 10.4 Å². The van der Waals surface area contributed by atoms with E-state index in [1.54, 1.807) is 0 Å². The van der Waals surface area contributed by atoms with Gasteiger partial charge in [0.25, 0.3) is 0 Å². The van der Waals surface area contributed by atoms with Gasteiger partial charge in [-0.25, -0.2) is 0 Å². The molecule has 0 radical (unpaired) electrons. The summed E-state index contributed by atoms with van der Waals surface area (Å²) in [4.78, 5) is 10.6. The standard InChI is InChI=1S/C11H8O.H2O4S/c12-8-10-6-3-5-9-4-1-2-7-11(9)10;1-5(2,3)4/h1-8H;(H2,1,2,3,4). The number of benzene rings is 2. The van der Waals surface area contributed by atoms with Gasteiger partial charge in [0.1, 0.15) is 0 Å². The Morgan fingerprint density at radius 3 is 2.06 bits per heavy atom. The van der Waals surface area contributed by atoms with Gasteiger partial charge in [0, 0.05) is 5.56 Å². The minimum absolute atomic E-state index is 0.758. The molecule has 2 N–H and O–H groups in total. The third-order valence-corrected chi connectivity index (χ3v) is 1.95. The largest absolute Gasteiger partial charge is 0.394 e. The highest BCUT2D eigenvalue weighted by atomic mass is 32.3. The molecule has 2 rings (SSSR count). The summed E-state index contributed by atoms with van der Waals surface area (Å²) >= 11 is 0. The van der Waals surface area contributed by atoms with Gasteiger partial charge in [-0.1, -0.05) is 42.5 Å². The molecule has 0 aromatic heterocycles. The Kier molecular flexibility index (Phi) is 4.33. The highest BCUT2D eigenvalue weighted by molar-refractivity contribution is 7.79. The smallest absolute Gasteiger partial charge is 0.298 e. The van der Waals surface area contributed by atoms with Gasteiger partial charge in [0.15, 0.2) is 6.29 Å². The fraction of sp³-hybridized carbons (Fsp3) is 0. The Labute approximate surface area is 98.3 Å². The van der Waals surface area contributed by atoms with E-state index in [1.807, 2.05) is 42.5 Å². The van der Waals surface area contributed by atoms with E-state index in [1.165, 1.54) is 0 Å². The molecule has 2 aromatic carbocycles. The van der Waals surface area contributed by atoms with Crippen molar-refractivity contribution >= 4 is 27.5 Å². The van der Waals surface area contributed by atoms with Gasteiger partial charge < -0.3 is 0 Å². The second-order valence-electron chi connectivity index (χ2n) is 3.13. The summed E-state index contributed by atoms with van der Waals surface area (Å²) < 4.78 is 31.6. The monoisotopic (exact) mass is 254 g/mol. The van der Waals surface area contributed by atoms with Gasteiger partial charge in [0.2, 0.25) is 0 Å². The molecule has 0 atom stereocenters. The summed E-state index contributed by atoms with van der Waals surface area (Å²) in [6.07, 6.45) is 0.891. The van der Waals surface area contributed by atoms with Crippen LogP contribution in [0, 0.1) is 0 Å². The molecule has 0 bridgehead atoms. The Hall–Kier alpha value is -1.76. The van der Waals surface area contributed by atoms with Crippen LogP contribution in [-0.4, -0.2) is 23.8 Å². The lowest BCUT2D eigenvalue weighted by molar-refractivity contribution is 0.112. The van der Waals surface area contributed by atoms with Crippen molar-refractivity contribution < 1.29 is 22.3 Å². The van der Waals surface area contributed by atoms with Crippen LogP contribution in [0.25, 0.3) is 10.8 Å². The van der Waals surface area contributed by atoms with Gasteiger partial charge >= 0.3 is 10.4 Å². The second-order valence-corrected chi connectivity index (χ2v) is 4.03. The number of carbonyl (C=O) groups is 1. The van der Waals surface area contributed by atoms with E-state index in [2.05, 4.69) is 0 Å². The quantitative estimate of drug-likeness (QED) is 0.600. The molecule has 5 nitrogen and oxygen atoms in total. The molecule has 0 saturated carbocycles. The predicted molar refractivity (Wildman–Crippen MR) is 63.5 cm³/mol. The molecule has 0 spiro atoms. The summed E-state index contributed by atoms with van der Waals surface area (Å²) in [7, 11) is -4.67. The zero-order valence-corrected chi connectivity index (χ0v) is 9.46. The Morgan fingerprint density at radius 2 is 1.47 bits per heavy atom. The van der Waals surface area contributed by atoms with Crippen molar-refractivity contribution in [2.24, 2.45) is 0 Å². The number of rotatable bonds is 1. The maximum absolute atomic E-state index is 10.6. The molecule has 0 fully saturated rings. The first-order chi connectivity index (χ1) is 7.92. The first-order valence-corrected chi connectivity index (χ1v) is 5.94. The number of aldehydes is 1. The first-order valence-electron chi connectivity index (χ1n) is 4.54. The highest BCUT2D eigenvalue weighted by Gasteiger charge is 1.96. The summed E-state index contributed by atoms with van der Waals surface area (Å²) in [5, 5.41) is 2.14. The van der Waals surface area contributed by atoms with Gasteiger partial charge in [-0.2, -0.15) is 8.42 Å². The topological polar surface area (TPSA) is 91.7 Å². The van der Waals surface area contributed by atoms with Crippen molar-refractivity contribution in [2.45, 2.75) is 0 Å². The zero-order chi connectivity index (χ0) is 12.9. The predicted octanol–water partition coefficient (Wildman–Crippen LogP) is 2.00. The average molecular weight is 254 g/mol. The van der Waals surface area contributed by atoms with Crippen LogP contribution in [0.4, 0.5) is 0 Å². The number of fused-ring (bicyclic) bond motifs is 1. The van der Waals surface area contributed by atoms with E-state index in [0.717, 1.165) is 22.6 Å². The molecule has 17 heavy (non-hydrogen) atoms. The van der Waals surface area contributed by atoms with Crippen molar-refractivity contribution in [1.82, 2.24) is 0 Å². The number of hydrogen-bond acceptors (Lipinski definition) is 3. The van der Waals surface area contributed by atoms with E-state index in [4.69, 9.17) is 17.5 Å². The van der Waals surface area contributed by atoms with Crippen LogP contribution < -0.4 is 0 Å². The van der Waals surface area contributed by atoms with E-state index in [9.17, 15) is 4.79 Å². The molecule has 90 valence electrons. The van der Waals surface area contributed by atoms with E-state index >= 15 is 0 Å². The van der Waals surface area contributed by atoms with Crippen LogP contribution in [0.2, 0.25) is 0 Å². The lowest BCUT2D eigenvalue weighted by Crippen LogP contribution is -1.89. The molecular weight excluding hydrogens is 244 g/mol. The van der Waals surface area contributed by atoms with Crippen molar-refractivity contribution in [2.75, 3.05) is 0 Å². The Balaban J connectivity index is 0.000000249. The van der Waals surface area contributed by atoms with Crippen molar-refractivity contribution in [1.29, 1.82) is 0 Å². The fourth-order valence-electron chi connectivity index (χ4n) is 1.35. The molecule has 0 aliphatic carbocycles. The summed E-state index contributed by atoms with van der Waals surface area (Å²) in [6, 6.07) is 13.6. The third-order valence-electron chi connectivity index (χ3n) is 1.95. The molecule has 0 aliphatic heterocycles. The van der Waals surface area contributed by atoms with Gasteiger partial charge in [-0.3, -0.25) is 13.9 Å². The van der Waals surface area contributed by atoms with Gasteiger partial charge in [-0.05, 0) is 10.8 Å². The SMILES string of the molecule is O=Cc1cccc2ccccc12.O=S(=O)(O)O. The Bertz CT molecular complexity index is 605. The van der Waals surface area contributed by atoms with E-state index in [-0.39, 0.29) is 0 Å². The van der Waals surface area contributed by atoms with Crippen molar-refractivity contribution in [3.05, 3.63) is 48.0 Å². The van der Waals surface area contributed by atoms with E-state index < -0.39 is 10.4 Å². The second kappa shape index (κ2) is 5.53. The molecule has 0 unspecified atom stereocenters. The molecule has 0 aliphatic rings. The minimum Gasteiger partial charge on any atom is -0.298 e. The molecular formula is C11H10O5S. The molecule has 2 aromatic rings. The van der Waals surface area contributed by atoms with Crippen LogP contribution in [0.15, 0.2) is 42.5 Å². The highest BCUT2D eigenvalue weighted by Crippen LogP contribution is 2.16. The van der Waals surface area contributed by atoms with Gasteiger partial charge in [-0.15, -0.1) is 0 Å². The molecule has 0 saturated heterocycles. The maximum Gasteiger partial charge on any atom is 0.394 e. The van der Waals surface area contributed by atoms with E-state index in [0.29, 0.717) is 0 Å². The van der Waals surface area contributed by atoms with Crippen LogP contribution in [0.3, 0.4) is 0 Å². The summed E-state index contributed by atoms with van der Waals surface area (Å²) in [5.41, 5.74) is 0.758. The van der Waals surface area contributed by atoms with Crippen LogP contribution in [0.5, 0.6) is 0 Å². The Morgan fingerprint density at radius 1 is 0.941 bits per heavy atom. The minimum atomic E-state index is -4.67. The number of hydrogen-bond donors (Lipinski definition) is 2. The lowest BCUT2D eigenvalue weighted by atomic mass is 10.1. The number of carbonyl (C=O) groups excluding carboxylic acids is 1. The maximum atomic E-state index is 10.6.